The van der Waals surface area contributed by atoms with Crippen LogP contribution >= 0.6 is 0 Å². The highest BCUT2D eigenvalue weighted by Gasteiger charge is 2.34. The normalized spacial score (nSPS) is 12.8. The number of ether oxygens (including phenoxy) is 1. The summed E-state index contributed by atoms with van der Waals surface area (Å²) in [6.45, 7) is 22.8. The van der Waals surface area contributed by atoms with Crippen molar-refractivity contribution in [3.63, 3.8) is 0 Å². The van der Waals surface area contributed by atoms with Crippen molar-refractivity contribution < 1.29 is 13.5 Å². The maximum Gasteiger partial charge on any atom is 0.137 e. The predicted octanol–water partition coefficient (Wildman–Crippen LogP) is 18.4. The van der Waals surface area contributed by atoms with Crippen LogP contribution in [0.25, 0.3) is 49.9 Å². The predicted molar refractivity (Wildman–Crippen MR) is 288 cm³/mol. The third kappa shape index (κ3) is 8.61. The highest BCUT2D eigenvalue weighted by atomic mass is 19.1. The number of pyridine rings is 1. The van der Waals surface area contributed by atoms with Crippen LogP contribution in [0, 0.1) is 11.6 Å². The average Bonchev–Trinajstić information content (AvgIpc) is 3.89. The van der Waals surface area contributed by atoms with Gasteiger partial charge in [-0.05, 0) is 153 Å². The number of halogens is 2. The lowest BCUT2D eigenvalue weighted by Gasteiger charge is -2.30. The summed E-state index contributed by atoms with van der Waals surface area (Å²) in [6, 6.07) is 49.5. The molecule has 0 unspecified atom stereocenters. The number of hydrogen-bond acceptors (Lipinski definition) is 4. The molecule has 0 saturated heterocycles. The maximum absolute atomic E-state index is 15.5. The summed E-state index contributed by atoms with van der Waals surface area (Å²) in [6.07, 6.45) is 1.83. The molecule has 0 aliphatic carbocycles. The van der Waals surface area contributed by atoms with Crippen LogP contribution in [0.15, 0.2) is 152 Å². The number of fused-ring (bicyclic) bond motifs is 4. The minimum atomic E-state index is -0.586. The highest BCUT2D eigenvalue weighted by Crippen LogP contribution is 2.51. The average molecular weight is 929 g/mol. The molecule has 354 valence electrons. The van der Waals surface area contributed by atoms with E-state index < -0.39 is 11.6 Å². The van der Waals surface area contributed by atoms with E-state index in [4.69, 9.17) is 9.72 Å². The Morgan fingerprint density at radius 3 is 1.81 bits per heavy atom. The summed E-state index contributed by atoms with van der Waals surface area (Å²) >= 11 is 0. The summed E-state index contributed by atoms with van der Waals surface area (Å²) < 4.78 is 39.0. The number of anilines is 4. The minimum Gasteiger partial charge on any atom is -0.457 e. The van der Waals surface area contributed by atoms with Gasteiger partial charge in [-0.2, -0.15) is 0 Å². The Morgan fingerprint density at radius 1 is 0.486 bits per heavy atom. The third-order valence-electron chi connectivity index (χ3n) is 14.1. The zero-order valence-corrected chi connectivity index (χ0v) is 42.0. The lowest BCUT2D eigenvalue weighted by atomic mass is 9.87. The zero-order valence-electron chi connectivity index (χ0n) is 42.0. The number of hydrogen-bond donors (Lipinski definition) is 0. The van der Waals surface area contributed by atoms with Gasteiger partial charge in [-0.3, -0.25) is 4.57 Å². The van der Waals surface area contributed by atoms with Gasteiger partial charge in [0.25, 0.3) is 0 Å². The lowest BCUT2D eigenvalue weighted by Crippen LogP contribution is -2.26. The maximum atomic E-state index is 15.5. The van der Waals surface area contributed by atoms with E-state index in [2.05, 4.69) is 193 Å². The number of nitrogens with zero attached hydrogens (tertiary/aromatic N) is 4. The molecular weight excluding hydrogens is 867 g/mol. The molecule has 1 aliphatic rings. The van der Waals surface area contributed by atoms with Gasteiger partial charge in [0, 0.05) is 52.1 Å². The van der Waals surface area contributed by atoms with E-state index >= 15 is 4.39 Å². The van der Waals surface area contributed by atoms with E-state index in [0.717, 1.165) is 95.8 Å². The third-order valence-corrected chi connectivity index (χ3v) is 14.1. The Kier molecular flexibility index (Phi) is 12.3. The van der Waals surface area contributed by atoms with Crippen LogP contribution in [-0.4, -0.2) is 16.2 Å². The Hall–Kier alpha value is -7.25. The quantitative estimate of drug-likeness (QED) is 0.122. The molecule has 0 fully saturated rings. The van der Waals surface area contributed by atoms with Crippen molar-refractivity contribution in [1.82, 2.24) is 9.55 Å². The second-order valence-corrected chi connectivity index (χ2v) is 20.6. The molecule has 5 nitrogen and oxygen atoms in total. The zero-order chi connectivity index (χ0) is 49.1. The summed E-state index contributed by atoms with van der Waals surface area (Å²) in [7, 11) is 0. The molecule has 0 bridgehead atoms. The fraction of sp³-hybridized carbons (Fsp3) is 0.254. The van der Waals surface area contributed by atoms with Gasteiger partial charge >= 0.3 is 0 Å². The first-order valence-electron chi connectivity index (χ1n) is 24.9. The molecule has 10 rings (SSSR count). The molecule has 7 aromatic carbocycles. The van der Waals surface area contributed by atoms with Crippen LogP contribution in [0.5, 0.6) is 11.5 Å². The smallest absolute Gasteiger partial charge is 0.137 e. The van der Waals surface area contributed by atoms with E-state index in [1.807, 2.05) is 24.4 Å². The van der Waals surface area contributed by atoms with Crippen molar-refractivity contribution in [2.75, 3.05) is 16.5 Å². The first kappa shape index (κ1) is 46.5. The SMILES string of the molecule is CC(C)c1cc(-c2cc(Oc3ccc4c5ccccc5n(-c5ccccn5)c4c3)cc(N3CN(c4c(C(C)C)cc(-c5ccc(F)cc5F)cc4C(C)C)c4cc(C(C)C)ccc43)c2)cc(C(C)C)c1. The van der Waals surface area contributed by atoms with Gasteiger partial charge in [-0.25, -0.2) is 13.8 Å². The van der Waals surface area contributed by atoms with Crippen LogP contribution < -0.4 is 14.5 Å². The van der Waals surface area contributed by atoms with Gasteiger partial charge in [0.05, 0.1) is 22.4 Å². The van der Waals surface area contributed by atoms with Gasteiger partial charge in [-0.15, -0.1) is 0 Å². The lowest BCUT2D eigenvalue weighted by molar-refractivity contribution is 0.483. The van der Waals surface area contributed by atoms with Crippen LogP contribution in [0.1, 0.15) is 127 Å². The van der Waals surface area contributed by atoms with Gasteiger partial charge in [0.15, 0.2) is 0 Å². The fourth-order valence-corrected chi connectivity index (χ4v) is 10.2. The van der Waals surface area contributed by atoms with Crippen LogP contribution in [0.4, 0.5) is 31.5 Å². The van der Waals surface area contributed by atoms with Crippen LogP contribution in [0.3, 0.4) is 0 Å². The van der Waals surface area contributed by atoms with E-state index in [9.17, 15) is 4.39 Å². The Labute approximate surface area is 412 Å². The number of aromatic nitrogens is 2. The number of benzene rings is 7. The molecule has 3 heterocycles. The minimum absolute atomic E-state index is 0.0992. The van der Waals surface area contributed by atoms with E-state index in [-0.39, 0.29) is 11.8 Å². The molecule has 1 aliphatic heterocycles. The largest absolute Gasteiger partial charge is 0.457 e. The first-order chi connectivity index (χ1) is 33.6. The van der Waals surface area contributed by atoms with Crippen molar-refractivity contribution in [1.29, 1.82) is 0 Å². The van der Waals surface area contributed by atoms with Crippen LogP contribution in [0.2, 0.25) is 0 Å². The number of rotatable bonds is 12. The van der Waals surface area contributed by atoms with Crippen molar-refractivity contribution in [2.45, 2.75) is 98.8 Å². The molecule has 2 aromatic heterocycles. The summed E-state index contributed by atoms with van der Waals surface area (Å²) in [4.78, 5) is 9.65. The molecule has 9 aromatic rings. The van der Waals surface area contributed by atoms with Gasteiger partial charge in [0.2, 0.25) is 0 Å². The van der Waals surface area contributed by atoms with Gasteiger partial charge in [0.1, 0.15) is 35.6 Å². The van der Waals surface area contributed by atoms with Crippen molar-refractivity contribution in [2.24, 2.45) is 0 Å². The first-order valence-corrected chi connectivity index (χ1v) is 24.9. The summed E-state index contributed by atoms with van der Waals surface area (Å²) in [5.41, 5.74) is 15.8. The van der Waals surface area contributed by atoms with E-state index in [1.54, 1.807) is 6.07 Å². The topological polar surface area (TPSA) is 33.5 Å². The Morgan fingerprint density at radius 2 is 1.16 bits per heavy atom. The molecule has 7 heteroatoms. The summed E-state index contributed by atoms with van der Waals surface area (Å²) in [5, 5.41) is 2.28. The molecule has 0 amide bonds. The van der Waals surface area contributed by atoms with Crippen molar-refractivity contribution in [3.8, 4) is 39.6 Å². The Bertz CT molecular complexity index is 3370. The second-order valence-electron chi connectivity index (χ2n) is 20.6. The van der Waals surface area contributed by atoms with E-state index in [1.165, 1.54) is 22.8 Å². The Balaban J connectivity index is 1.16. The molecule has 0 N–H and O–H groups in total. The molecule has 0 radical (unpaired) electrons. The highest BCUT2D eigenvalue weighted by molar-refractivity contribution is 6.09. The molecular formula is C63H62F2N4O. The second kappa shape index (κ2) is 18.6. The molecule has 0 atom stereocenters. The monoisotopic (exact) mass is 928 g/mol. The molecule has 0 spiro atoms. The molecule has 70 heavy (non-hydrogen) atoms. The number of para-hydroxylation sites is 1. The van der Waals surface area contributed by atoms with Gasteiger partial charge < -0.3 is 14.5 Å². The van der Waals surface area contributed by atoms with Crippen molar-refractivity contribution in [3.05, 3.63) is 191 Å². The van der Waals surface area contributed by atoms with Crippen molar-refractivity contribution >= 4 is 44.6 Å². The van der Waals surface area contributed by atoms with E-state index in [0.29, 0.717) is 30.0 Å². The summed E-state index contributed by atoms with van der Waals surface area (Å²) in [5.74, 6) is 2.34. The molecule has 0 saturated carbocycles. The standard InChI is InChI=1S/C63H62F2N4O/c1-37(2)42-18-23-59-61(32-42)68(63-55(40(7)8)30-47(31-56(63)41(9)10)52-21-19-48(64)33-57(52)65)36-67(59)49-28-46(45-26-43(38(3)4)25-44(27-45)39(5)6)29-51(34-49)70-50-20-22-54-53-15-11-12-16-58(53)69(60(54)35-50)62-17-13-14-24-66-62/h11-35,37-41H,36H2,1-10H3. The fourth-order valence-electron chi connectivity index (χ4n) is 10.2. The van der Waals surface area contributed by atoms with Crippen LogP contribution in [-0.2, 0) is 0 Å². The van der Waals surface area contributed by atoms with Gasteiger partial charge in [-0.1, -0.05) is 118 Å².